The lowest BCUT2D eigenvalue weighted by Gasteiger charge is -2.04. The van der Waals surface area contributed by atoms with Crippen molar-refractivity contribution in [1.82, 2.24) is 25.1 Å². The topological polar surface area (TPSA) is 110 Å². The highest BCUT2D eigenvalue weighted by atomic mass is 16.4. The first-order valence-corrected chi connectivity index (χ1v) is 5.80. The smallest absolute Gasteiger partial charge is 0.356 e. The van der Waals surface area contributed by atoms with Gasteiger partial charge in [0.1, 0.15) is 5.69 Å². The Labute approximate surface area is 114 Å². The first-order chi connectivity index (χ1) is 9.49. The number of aromatic carboxylic acids is 1. The van der Waals surface area contributed by atoms with Gasteiger partial charge in [0.2, 0.25) is 0 Å². The number of nitrogens with one attached hydrogen (secondary N) is 1. The summed E-state index contributed by atoms with van der Waals surface area (Å²) in [6, 6.07) is 0. The molecule has 20 heavy (non-hydrogen) atoms. The number of carbonyl (C=O) groups excluding carboxylic acids is 1. The molecular weight excluding hydrogens is 262 g/mol. The van der Waals surface area contributed by atoms with E-state index in [1.54, 1.807) is 10.9 Å². The normalized spacial score (nSPS) is 10.3. The standard InChI is InChI=1S/C12H13N5O3/c1-7-8(4-16-17(7)2)3-15-11(18)9-5-14-10(6-13-9)12(19)20/h4-6H,3H2,1-2H3,(H,15,18)(H,19,20). The minimum Gasteiger partial charge on any atom is -0.476 e. The third-order valence-corrected chi connectivity index (χ3v) is 2.88. The van der Waals surface area contributed by atoms with Crippen molar-refractivity contribution in [3.05, 3.63) is 41.2 Å². The molecular formula is C12H13N5O3. The summed E-state index contributed by atoms with van der Waals surface area (Å²) in [5.41, 5.74) is 1.72. The molecule has 0 radical (unpaired) electrons. The molecule has 1 amide bonds. The molecule has 0 atom stereocenters. The van der Waals surface area contributed by atoms with Crippen molar-refractivity contribution in [3.63, 3.8) is 0 Å². The average molecular weight is 275 g/mol. The quantitative estimate of drug-likeness (QED) is 0.821. The zero-order valence-corrected chi connectivity index (χ0v) is 11.0. The minimum absolute atomic E-state index is 0.0662. The van der Waals surface area contributed by atoms with E-state index in [1.165, 1.54) is 0 Å². The van der Waals surface area contributed by atoms with E-state index in [4.69, 9.17) is 5.11 Å². The van der Waals surface area contributed by atoms with Gasteiger partial charge in [0, 0.05) is 24.8 Å². The number of aryl methyl sites for hydroxylation is 1. The molecule has 0 saturated heterocycles. The molecule has 0 unspecified atom stereocenters. The van der Waals surface area contributed by atoms with E-state index in [-0.39, 0.29) is 11.4 Å². The number of rotatable bonds is 4. The van der Waals surface area contributed by atoms with Gasteiger partial charge in [-0.2, -0.15) is 5.10 Å². The van der Waals surface area contributed by atoms with Crippen molar-refractivity contribution in [3.8, 4) is 0 Å². The van der Waals surface area contributed by atoms with Crippen LogP contribution < -0.4 is 5.32 Å². The highest BCUT2D eigenvalue weighted by Crippen LogP contribution is 2.05. The lowest BCUT2D eigenvalue weighted by Crippen LogP contribution is -2.24. The SMILES string of the molecule is Cc1c(CNC(=O)c2cnc(C(=O)O)cn2)cnn1C. The minimum atomic E-state index is -1.18. The maximum absolute atomic E-state index is 11.8. The van der Waals surface area contributed by atoms with E-state index in [2.05, 4.69) is 20.4 Å². The maximum atomic E-state index is 11.8. The highest BCUT2D eigenvalue weighted by molar-refractivity contribution is 5.92. The van der Waals surface area contributed by atoms with Crippen molar-refractivity contribution in [1.29, 1.82) is 0 Å². The van der Waals surface area contributed by atoms with Gasteiger partial charge in [0.05, 0.1) is 18.6 Å². The van der Waals surface area contributed by atoms with Crippen LogP contribution in [0, 0.1) is 6.92 Å². The molecule has 0 aliphatic carbocycles. The molecule has 0 fully saturated rings. The molecule has 0 aliphatic rings. The molecule has 8 heteroatoms. The van der Waals surface area contributed by atoms with E-state index in [0.29, 0.717) is 6.54 Å². The molecule has 2 heterocycles. The molecule has 104 valence electrons. The fourth-order valence-electron chi connectivity index (χ4n) is 1.54. The molecule has 0 aromatic carbocycles. The Morgan fingerprint density at radius 3 is 2.40 bits per heavy atom. The number of nitrogens with zero attached hydrogens (tertiary/aromatic N) is 4. The summed E-state index contributed by atoms with van der Waals surface area (Å²) < 4.78 is 1.71. The first kappa shape index (κ1) is 13.7. The zero-order chi connectivity index (χ0) is 14.7. The lowest BCUT2D eigenvalue weighted by molar-refractivity contribution is 0.0689. The van der Waals surface area contributed by atoms with Crippen LogP contribution in [0.1, 0.15) is 32.2 Å². The van der Waals surface area contributed by atoms with Crippen LogP contribution in [0.3, 0.4) is 0 Å². The Hall–Kier alpha value is -2.77. The summed E-state index contributed by atoms with van der Waals surface area (Å²) in [5, 5.41) is 15.4. The van der Waals surface area contributed by atoms with Crippen molar-refractivity contribution in [2.24, 2.45) is 7.05 Å². The predicted octanol–water partition coefficient (Wildman–Crippen LogP) is 0.147. The largest absolute Gasteiger partial charge is 0.476 e. The summed E-state index contributed by atoms with van der Waals surface area (Å²) in [4.78, 5) is 29.8. The van der Waals surface area contributed by atoms with Gasteiger partial charge in [-0.25, -0.2) is 14.8 Å². The van der Waals surface area contributed by atoms with Crippen LogP contribution in [0.5, 0.6) is 0 Å². The number of amides is 1. The van der Waals surface area contributed by atoms with Gasteiger partial charge >= 0.3 is 5.97 Å². The number of hydrogen-bond donors (Lipinski definition) is 2. The second-order valence-electron chi connectivity index (χ2n) is 4.15. The first-order valence-electron chi connectivity index (χ1n) is 5.80. The van der Waals surface area contributed by atoms with E-state index < -0.39 is 11.9 Å². The summed E-state index contributed by atoms with van der Waals surface area (Å²) in [6.07, 6.45) is 3.86. The third-order valence-electron chi connectivity index (χ3n) is 2.88. The Morgan fingerprint density at radius 2 is 1.90 bits per heavy atom. The second-order valence-corrected chi connectivity index (χ2v) is 4.15. The molecule has 0 spiro atoms. The van der Waals surface area contributed by atoms with Crippen LogP contribution in [0.4, 0.5) is 0 Å². The fourth-order valence-corrected chi connectivity index (χ4v) is 1.54. The Morgan fingerprint density at radius 1 is 1.25 bits per heavy atom. The van der Waals surface area contributed by atoms with Crippen molar-refractivity contribution in [2.75, 3.05) is 0 Å². The van der Waals surface area contributed by atoms with Crippen LogP contribution in [-0.2, 0) is 13.6 Å². The van der Waals surface area contributed by atoms with Crippen molar-refractivity contribution < 1.29 is 14.7 Å². The molecule has 8 nitrogen and oxygen atoms in total. The Balaban J connectivity index is 2.01. The van der Waals surface area contributed by atoms with Crippen LogP contribution in [0.15, 0.2) is 18.6 Å². The fraction of sp³-hybridized carbons (Fsp3) is 0.250. The van der Waals surface area contributed by atoms with Crippen LogP contribution in [0.2, 0.25) is 0 Å². The molecule has 2 rings (SSSR count). The molecule has 2 aromatic heterocycles. The number of carbonyl (C=O) groups is 2. The van der Waals surface area contributed by atoms with E-state index in [0.717, 1.165) is 23.7 Å². The average Bonchev–Trinajstić information content (AvgIpc) is 2.76. The molecule has 2 N–H and O–H groups in total. The molecule has 0 bridgehead atoms. The van der Waals surface area contributed by atoms with Crippen LogP contribution >= 0.6 is 0 Å². The summed E-state index contributed by atoms with van der Waals surface area (Å²) in [5.74, 6) is -1.60. The number of hydrogen-bond acceptors (Lipinski definition) is 5. The van der Waals surface area contributed by atoms with Crippen molar-refractivity contribution >= 4 is 11.9 Å². The molecule has 0 saturated carbocycles. The second kappa shape index (κ2) is 5.47. The third kappa shape index (κ3) is 2.79. The number of aromatic nitrogens is 4. The summed E-state index contributed by atoms with van der Waals surface area (Å²) in [6.45, 7) is 2.22. The van der Waals surface area contributed by atoms with Crippen LogP contribution in [0.25, 0.3) is 0 Å². The number of carboxylic acid groups (broad SMARTS) is 1. The van der Waals surface area contributed by atoms with Crippen molar-refractivity contribution in [2.45, 2.75) is 13.5 Å². The van der Waals surface area contributed by atoms with Gasteiger partial charge < -0.3 is 10.4 Å². The van der Waals surface area contributed by atoms with Crippen LogP contribution in [-0.4, -0.2) is 36.7 Å². The van der Waals surface area contributed by atoms with E-state index >= 15 is 0 Å². The van der Waals surface area contributed by atoms with Gasteiger partial charge in [-0.15, -0.1) is 0 Å². The van der Waals surface area contributed by atoms with Gasteiger partial charge in [-0.3, -0.25) is 9.48 Å². The maximum Gasteiger partial charge on any atom is 0.356 e. The monoisotopic (exact) mass is 275 g/mol. The summed E-state index contributed by atoms with van der Waals surface area (Å²) in [7, 11) is 1.82. The summed E-state index contributed by atoms with van der Waals surface area (Å²) >= 11 is 0. The van der Waals surface area contributed by atoms with E-state index in [9.17, 15) is 9.59 Å². The van der Waals surface area contributed by atoms with Gasteiger partial charge in [0.15, 0.2) is 5.69 Å². The lowest BCUT2D eigenvalue weighted by atomic mass is 10.2. The predicted molar refractivity (Wildman–Crippen MR) is 68.1 cm³/mol. The Bertz CT molecular complexity index is 648. The van der Waals surface area contributed by atoms with Gasteiger partial charge in [0.25, 0.3) is 5.91 Å². The van der Waals surface area contributed by atoms with Gasteiger partial charge in [-0.1, -0.05) is 0 Å². The van der Waals surface area contributed by atoms with Gasteiger partial charge in [-0.05, 0) is 6.92 Å². The molecule has 2 aromatic rings. The number of carboxylic acids is 1. The van der Waals surface area contributed by atoms with E-state index in [1.807, 2.05) is 14.0 Å². The highest BCUT2D eigenvalue weighted by Gasteiger charge is 2.11. The Kier molecular flexibility index (Phi) is 3.74. The zero-order valence-electron chi connectivity index (χ0n) is 11.0. The molecule has 0 aliphatic heterocycles.